The van der Waals surface area contributed by atoms with Crippen molar-refractivity contribution in [1.29, 1.82) is 0 Å². The Morgan fingerprint density at radius 1 is 1.33 bits per heavy atom. The minimum absolute atomic E-state index is 0.525. The highest BCUT2D eigenvalue weighted by Crippen LogP contribution is 2.30. The first kappa shape index (κ1) is 11.5. The molecular formula is C13H15N3OS. The van der Waals surface area contributed by atoms with Crippen LogP contribution < -0.4 is 5.73 Å². The zero-order valence-electron chi connectivity index (χ0n) is 10.4. The van der Waals surface area contributed by atoms with Crippen LogP contribution in [0.15, 0.2) is 18.2 Å². The Balaban J connectivity index is 2.14. The van der Waals surface area contributed by atoms with Gasteiger partial charge in [0, 0.05) is 16.4 Å². The summed E-state index contributed by atoms with van der Waals surface area (Å²) in [6, 6.07) is 6.19. The lowest BCUT2D eigenvalue weighted by Gasteiger charge is -2.09. The van der Waals surface area contributed by atoms with E-state index in [0.717, 1.165) is 22.5 Å². The number of hydrogen-bond donors (Lipinski definition) is 1. The molecule has 18 heavy (non-hydrogen) atoms. The number of fused-ring (bicyclic) bond motifs is 1. The minimum Gasteiger partial charge on any atom is -0.383 e. The van der Waals surface area contributed by atoms with Gasteiger partial charge < -0.3 is 5.73 Å². The first-order valence-corrected chi connectivity index (χ1v) is 7.34. The Hall–Kier alpha value is -1.62. The molecule has 5 heteroatoms. The maximum absolute atomic E-state index is 11.5. The second-order valence-corrected chi connectivity index (χ2v) is 6.20. The van der Waals surface area contributed by atoms with Gasteiger partial charge in [-0.1, -0.05) is 17.7 Å². The SMILES string of the molecule is Cc1ccc(-n2nc3c(c2N)C[S@](=O)C3)c(C)c1. The van der Waals surface area contributed by atoms with Crippen molar-refractivity contribution in [3.63, 3.8) is 0 Å². The summed E-state index contributed by atoms with van der Waals surface area (Å²) in [5.41, 5.74) is 11.3. The van der Waals surface area contributed by atoms with Gasteiger partial charge >= 0.3 is 0 Å². The molecule has 0 fully saturated rings. The molecule has 0 spiro atoms. The lowest BCUT2D eigenvalue weighted by Crippen LogP contribution is -2.06. The number of nitrogen functional groups attached to an aromatic ring is 1. The third-order valence-corrected chi connectivity index (χ3v) is 4.50. The van der Waals surface area contributed by atoms with Crippen LogP contribution in [0, 0.1) is 13.8 Å². The molecule has 1 aliphatic heterocycles. The van der Waals surface area contributed by atoms with Gasteiger partial charge in [0.1, 0.15) is 5.82 Å². The van der Waals surface area contributed by atoms with E-state index in [1.54, 1.807) is 4.68 Å². The standard InChI is InChI=1S/C13H15N3OS/c1-8-3-4-12(9(2)5-8)16-13(14)10-6-18(17)7-11(10)15-16/h3-5H,6-7,14H2,1-2H3/t18-/m0/s1. The summed E-state index contributed by atoms with van der Waals surface area (Å²) in [5, 5.41) is 4.50. The fourth-order valence-corrected chi connectivity index (χ4v) is 3.65. The summed E-state index contributed by atoms with van der Waals surface area (Å²) in [6.07, 6.45) is 0. The van der Waals surface area contributed by atoms with E-state index in [1.807, 2.05) is 19.1 Å². The smallest absolute Gasteiger partial charge is 0.131 e. The molecule has 1 aromatic carbocycles. The number of aromatic nitrogens is 2. The predicted octanol–water partition coefficient (Wildman–Crippen LogP) is 1.83. The van der Waals surface area contributed by atoms with Gasteiger partial charge in [0.05, 0.1) is 22.9 Å². The van der Waals surface area contributed by atoms with Gasteiger partial charge in [-0.15, -0.1) is 0 Å². The molecule has 0 aliphatic carbocycles. The number of rotatable bonds is 1. The Morgan fingerprint density at radius 3 is 2.78 bits per heavy atom. The molecule has 2 aromatic rings. The fraction of sp³-hybridized carbons (Fsp3) is 0.308. The van der Waals surface area contributed by atoms with Crippen LogP contribution in [0.2, 0.25) is 0 Å². The van der Waals surface area contributed by atoms with Crippen molar-refractivity contribution < 1.29 is 4.21 Å². The normalized spacial score (nSPS) is 18.0. The van der Waals surface area contributed by atoms with Gasteiger partial charge in [-0.2, -0.15) is 5.10 Å². The van der Waals surface area contributed by atoms with Crippen LogP contribution >= 0.6 is 0 Å². The molecule has 3 rings (SSSR count). The summed E-state index contributed by atoms with van der Waals surface area (Å²) in [6.45, 7) is 4.11. The van der Waals surface area contributed by atoms with E-state index in [0.29, 0.717) is 17.3 Å². The molecule has 0 saturated heterocycles. The number of anilines is 1. The van der Waals surface area contributed by atoms with E-state index in [9.17, 15) is 4.21 Å². The number of hydrogen-bond acceptors (Lipinski definition) is 3. The van der Waals surface area contributed by atoms with Crippen LogP contribution in [0.4, 0.5) is 5.82 Å². The summed E-state index contributed by atoms with van der Waals surface area (Å²) >= 11 is 0. The second-order valence-electron chi connectivity index (χ2n) is 4.74. The molecule has 1 atom stereocenters. The van der Waals surface area contributed by atoms with Crippen molar-refractivity contribution >= 4 is 16.6 Å². The molecule has 0 saturated carbocycles. The summed E-state index contributed by atoms with van der Waals surface area (Å²) < 4.78 is 13.3. The van der Waals surface area contributed by atoms with E-state index < -0.39 is 10.8 Å². The molecule has 0 radical (unpaired) electrons. The summed E-state index contributed by atoms with van der Waals surface area (Å²) in [4.78, 5) is 0. The van der Waals surface area contributed by atoms with Crippen LogP contribution in [0.1, 0.15) is 22.4 Å². The van der Waals surface area contributed by atoms with Crippen LogP contribution in [-0.4, -0.2) is 14.0 Å². The molecule has 0 unspecified atom stereocenters. The quantitative estimate of drug-likeness (QED) is 0.852. The molecule has 2 N–H and O–H groups in total. The average Bonchev–Trinajstić information content (AvgIpc) is 2.78. The third kappa shape index (κ3) is 1.66. The molecule has 4 nitrogen and oxygen atoms in total. The lowest BCUT2D eigenvalue weighted by molar-refractivity contribution is 0.683. The van der Waals surface area contributed by atoms with E-state index in [4.69, 9.17) is 5.73 Å². The molecule has 94 valence electrons. The van der Waals surface area contributed by atoms with E-state index in [2.05, 4.69) is 18.1 Å². The van der Waals surface area contributed by atoms with Gasteiger partial charge in [-0.25, -0.2) is 4.68 Å². The number of aryl methyl sites for hydroxylation is 2. The Bertz CT molecular complexity index is 660. The van der Waals surface area contributed by atoms with Crippen LogP contribution in [0.25, 0.3) is 5.69 Å². The average molecular weight is 261 g/mol. The van der Waals surface area contributed by atoms with Gasteiger partial charge in [0.2, 0.25) is 0 Å². The van der Waals surface area contributed by atoms with Gasteiger partial charge in [-0.05, 0) is 25.5 Å². The largest absolute Gasteiger partial charge is 0.383 e. The Labute approximate surface area is 108 Å². The highest BCUT2D eigenvalue weighted by atomic mass is 32.2. The Morgan fingerprint density at radius 2 is 2.11 bits per heavy atom. The molecule has 0 bridgehead atoms. The second kappa shape index (κ2) is 3.95. The van der Waals surface area contributed by atoms with Crippen molar-refractivity contribution in [2.45, 2.75) is 25.4 Å². The van der Waals surface area contributed by atoms with E-state index in [1.165, 1.54) is 5.56 Å². The highest BCUT2D eigenvalue weighted by Gasteiger charge is 2.26. The van der Waals surface area contributed by atoms with E-state index >= 15 is 0 Å². The topological polar surface area (TPSA) is 60.9 Å². The van der Waals surface area contributed by atoms with Crippen LogP contribution in [0.5, 0.6) is 0 Å². The maximum Gasteiger partial charge on any atom is 0.131 e. The van der Waals surface area contributed by atoms with Gasteiger partial charge in [0.15, 0.2) is 0 Å². The van der Waals surface area contributed by atoms with Crippen molar-refractivity contribution in [2.75, 3.05) is 5.73 Å². The van der Waals surface area contributed by atoms with Crippen LogP contribution in [0.3, 0.4) is 0 Å². The monoisotopic (exact) mass is 261 g/mol. The summed E-state index contributed by atoms with van der Waals surface area (Å²) in [7, 11) is -0.828. The molecule has 1 aromatic heterocycles. The van der Waals surface area contributed by atoms with Crippen molar-refractivity contribution in [3.8, 4) is 5.69 Å². The Kier molecular flexibility index (Phi) is 2.52. The minimum atomic E-state index is -0.828. The van der Waals surface area contributed by atoms with E-state index in [-0.39, 0.29) is 0 Å². The van der Waals surface area contributed by atoms with Gasteiger partial charge in [-0.3, -0.25) is 4.21 Å². The summed E-state index contributed by atoms with van der Waals surface area (Å²) in [5.74, 6) is 1.69. The van der Waals surface area contributed by atoms with Gasteiger partial charge in [0.25, 0.3) is 0 Å². The molecule has 0 amide bonds. The molecule has 2 heterocycles. The third-order valence-electron chi connectivity index (χ3n) is 3.29. The van der Waals surface area contributed by atoms with Crippen molar-refractivity contribution in [2.24, 2.45) is 0 Å². The number of nitrogens with zero attached hydrogens (tertiary/aromatic N) is 2. The van der Waals surface area contributed by atoms with Crippen molar-refractivity contribution in [3.05, 3.63) is 40.6 Å². The first-order valence-electron chi connectivity index (χ1n) is 5.85. The lowest BCUT2D eigenvalue weighted by atomic mass is 10.1. The number of benzene rings is 1. The zero-order chi connectivity index (χ0) is 12.9. The van der Waals surface area contributed by atoms with Crippen LogP contribution in [-0.2, 0) is 22.3 Å². The molecule has 1 aliphatic rings. The highest BCUT2D eigenvalue weighted by molar-refractivity contribution is 7.83. The predicted molar refractivity (Wildman–Crippen MR) is 73.0 cm³/mol. The molecular weight excluding hydrogens is 246 g/mol. The zero-order valence-corrected chi connectivity index (χ0v) is 11.3. The van der Waals surface area contributed by atoms with Crippen molar-refractivity contribution in [1.82, 2.24) is 9.78 Å². The first-order chi connectivity index (χ1) is 8.56. The maximum atomic E-state index is 11.5. The number of nitrogens with two attached hydrogens (primary N) is 1. The fourth-order valence-electron chi connectivity index (χ4n) is 2.38.